The molecule has 0 saturated carbocycles. The third-order valence-corrected chi connectivity index (χ3v) is 3.22. The van der Waals surface area contributed by atoms with Crippen LogP contribution < -0.4 is 10.1 Å². The number of carbonyl (C=O) groups excluding carboxylic acids is 1. The summed E-state index contributed by atoms with van der Waals surface area (Å²) in [6, 6.07) is 10.3. The number of nitrogens with zero attached hydrogens (tertiary/aromatic N) is 1. The minimum Gasteiger partial charge on any atom is -0.497 e. The number of methoxy groups -OCH3 is 1. The Kier molecular flexibility index (Phi) is 4.90. The zero-order valence-corrected chi connectivity index (χ0v) is 12.0. The molecule has 110 valence electrons. The summed E-state index contributed by atoms with van der Waals surface area (Å²) in [5.41, 5.74) is 1.42. The van der Waals surface area contributed by atoms with Gasteiger partial charge in [0.25, 0.3) is 5.91 Å². The van der Waals surface area contributed by atoms with Crippen molar-refractivity contribution in [2.45, 2.75) is 19.1 Å². The number of aliphatic hydroxyl groups is 1. The number of carbonyl (C=O) groups is 1. The van der Waals surface area contributed by atoms with Gasteiger partial charge in [-0.2, -0.15) is 0 Å². The van der Waals surface area contributed by atoms with E-state index in [0.29, 0.717) is 11.3 Å². The van der Waals surface area contributed by atoms with Crippen LogP contribution in [-0.2, 0) is 4.79 Å². The van der Waals surface area contributed by atoms with Crippen LogP contribution in [0.2, 0.25) is 0 Å². The smallest absolute Gasteiger partial charge is 0.253 e. The molecule has 2 N–H and O–H groups in total. The van der Waals surface area contributed by atoms with E-state index < -0.39 is 12.0 Å². The number of nitrogens with one attached hydrogen (secondary N) is 1. The summed E-state index contributed by atoms with van der Waals surface area (Å²) in [7, 11) is 1.54. The average Bonchev–Trinajstić information content (AvgIpc) is 2.54. The Morgan fingerprint density at radius 3 is 2.62 bits per heavy atom. The number of pyridine rings is 1. The van der Waals surface area contributed by atoms with Crippen LogP contribution in [0.4, 0.5) is 0 Å². The highest BCUT2D eigenvalue weighted by Crippen LogP contribution is 2.20. The van der Waals surface area contributed by atoms with Gasteiger partial charge in [0.05, 0.1) is 13.2 Å². The van der Waals surface area contributed by atoms with Crippen molar-refractivity contribution in [2.75, 3.05) is 7.11 Å². The van der Waals surface area contributed by atoms with E-state index in [2.05, 4.69) is 10.3 Å². The Morgan fingerprint density at radius 1 is 1.24 bits per heavy atom. The number of aliphatic hydroxyl groups excluding tert-OH is 1. The Labute approximate surface area is 123 Å². The summed E-state index contributed by atoms with van der Waals surface area (Å²) in [6.07, 6.45) is 2.09. The van der Waals surface area contributed by atoms with Crippen LogP contribution >= 0.6 is 0 Å². The molecule has 2 rings (SSSR count). The number of rotatable bonds is 5. The lowest BCUT2D eigenvalue weighted by Crippen LogP contribution is -2.31. The molecular formula is C16H18N2O3. The first-order chi connectivity index (χ1) is 10.1. The van der Waals surface area contributed by atoms with Gasteiger partial charge in [-0.1, -0.05) is 12.1 Å². The van der Waals surface area contributed by atoms with Gasteiger partial charge in [0.2, 0.25) is 0 Å². The van der Waals surface area contributed by atoms with E-state index >= 15 is 0 Å². The molecule has 5 nitrogen and oxygen atoms in total. The lowest BCUT2D eigenvalue weighted by Gasteiger charge is -2.17. The van der Waals surface area contributed by atoms with E-state index in [1.54, 1.807) is 36.7 Å². The number of aromatic nitrogens is 1. The molecule has 1 aromatic heterocycles. The number of hydrogen-bond acceptors (Lipinski definition) is 4. The number of ether oxygens (including phenoxy) is 1. The third-order valence-electron chi connectivity index (χ3n) is 3.22. The maximum atomic E-state index is 12.1. The van der Waals surface area contributed by atoms with Crippen LogP contribution in [-0.4, -0.2) is 23.1 Å². The zero-order chi connectivity index (χ0) is 15.2. The van der Waals surface area contributed by atoms with Crippen molar-refractivity contribution >= 4 is 5.91 Å². The molecule has 0 fully saturated rings. The van der Waals surface area contributed by atoms with Gasteiger partial charge in [0.1, 0.15) is 5.75 Å². The maximum Gasteiger partial charge on any atom is 0.253 e. The average molecular weight is 286 g/mol. The second-order valence-electron chi connectivity index (χ2n) is 4.69. The molecule has 1 amide bonds. The molecule has 0 aliphatic rings. The lowest BCUT2D eigenvalue weighted by molar-refractivity contribution is -0.130. The minimum absolute atomic E-state index is 0.208. The number of amides is 1. The van der Waals surface area contributed by atoms with Gasteiger partial charge in [-0.15, -0.1) is 0 Å². The van der Waals surface area contributed by atoms with Crippen LogP contribution in [0.15, 0.2) is 48.8 Å². The lowest BCUT2D eigenvalue weighted by atomic mass is 10.1. The molecule has 1 aromatic carbocycles. The van der Waals surface area contributed by atoms with Crippen molar-refractivity contribution in [1.29, 1.82) is 0 Å². The second kappa shape index (κ2) is 6.85. The van der Waals surface area contributed by atoms with Crippen LogP contribution in [0.5, 0.6) is 5.75 Å². The molecule has 2 aromatic rings. The highest BCUT2D eigenvalue weighted by molar-refractivity contribution is 5.82. The molecule has 2 atom stereocenters. The van der Waals surface area contributed by atoms with Crippen LogP contribution in [0, 0.1) is 0 Å². The van der Waals surface area contributed by atoms with Gasteiger partial charge in [0, 0.05) is 12.4 Å². The van der Waals surface area contributed by atoms with Gasteiger partial charge in [-0.05, 0) is 42.3 Å². The zero-order valence-electron chi connectivity index (χ0n) is 12.0. The Morgan fingerprint density at radius 2 is 1.95 bits per heavy atom. The highest BCUT2D eigenvalue weighted by atomic mass is 16.5. The summed E-state index contributed by atoms with van der Waals surface area (Å²) in [5, 5.41) is 12.9. The fourth-order valence-electron chi connectivity index (χ4n) is 1.99. The van der Waals surface area contributed by atoms with Gasteiger partial charge in [-0.25, -0.2) is 0 Å². The van der Waals surface area contributed by atoms with Crippen LogP contribution in [0.1, 0.15) is 30.2 Å². The van der Waals surface area contributed by atoms with Crippen molar-refractivity contribution in [3.63, 3.8) is 0 Å². The predicted octanol–water partition coefficient (Wildman–Crippen LogP) is 2.00. The van der Waals surface area contributed by atoms with Crippen molar-refractivity contribution < 1.29 is 14.6 Å². The molecule has 1 heterocycles. The fourth-order valence-corrected chi connectivity index (χ4v) is 1.99. The van der Waals surface area contributed by atoms with Crippen LogP contribution in [0.25, 0.3) is 0 Å². The first-order valence-corrected chi connectivity index (χ1v) is 6.64. The Hall–Kier alpha value is -2.40. The van der Waals surface area contributed by atoms with E-state index in [-0.39, 0.29) is 6.04 Å². The van der Waals surface area contributed by atoms with E-state index in [9.17, 15) is 9.90 Å². The molecule has 0 bridgehead atoms. The van der Waals surface area contributed by atoms with E-state index in [1.165, 1.54) is 7.11 Å². The molecule has 5 heteroatoms. The summed E-state index contributed by atoms with van der Waals surface area (Å²) in [5.74, 6) is 0.147. The number of hydrogen-bond donors (Lipinski definition) is 2. The molecular weight excluding hydrogens is 268 g/mol. The minimum atomic E-state index is -1.23. The largest absolute Gasteiger partial charge is 0.497 e. The molecule has 0 aliphatic carbocycles. The summed E-state index contributed by atoms with van der Waals surface area (Å²) < 4.78 is 5.09. The summed E-state index contributed by atoms with van der Waals surface area (Å²) in [4.78, 5) is 16.0. The first kappa shape index (κ1) is 15.0. The molecule has 0 aliphatic heterocycles. The van der Waals surface area contributed by atoms with Gasteiger partial charge in [-0.3, -0.25) is 9.78 Å². The second-order valence-corrected chi connectivity index (χ2v) is 4.69. The van der Waals surface area contributed by atoms with Crippen molar-refractivity contribution in [3.05, 3.63) is 59.9 Å². The highest BCUT2D eigenvalue weighted by Gasteiger charge is 2.20. The van der Waals surface area contributed by atoms with Crippen molar-refractivity contribution in [1.82, 2.24) is 10.3 Å². The monoisotopic (exact) mass is 286 g/mol. The predicted molar refractivity (Wildman–Crippen MR) is 78.7 cm³/mol. The molecule has 2 unspecified atom stereocenters. The topological polar surface area (TPSA) is 71.5 Å². The van der Waals surface area contributed by atoms with Crippen molar-refractivity contribution in [3.8, 4) is 5.75 Å². The first-order valence-electron chi connectivity index (χ1n) is 6.64. The van der Waals surface area contributed by atoms with Gasteiger partial charge < -0.3 is 15.2 Å². The van der Waals surface area contributed by atoms with Crippen molar-refractivity contribution in [2.24, 2.45) is 0 Å². The number of benzene rings is 1. The van der Waals surface area contributed by atoms with E-state index in [4.69, 9.17) is 4.74 Å². The third kappa shape index (κ3) is 3.79. The molecule has 0 spiro atoms. The van der Waals surface area contributed by atoms with Crippen LogP contribution in [0.3, 0.4) is 0 Å². The van der Waals surface area contributed by atoms with E-state index in [0.717, 1.165) is 5.56 Å². The molecule has 21 heavy (non-hydrogen) atoms. The molecule has 0 radical (unpaired) electrons. The van der Waals surface area contributed by atoms with Gasteiger partial charge >= 0.3 is 0 Å². The summed E-state index contributed by atoms with van der Waals surface area (Å²) >= 11 is 0. The Balaban J connectivity index is 2.05. The standard InChI is InChI=1S/C16H18N2O3/c1-11(12-6-8-17-9-7-12)18-16(20)15(19)13-4-3-5-14(10-13)21-2/h3-11,15,19H,1-2H3,(H,18,20). The normalized spacial score (nSPS) is 13.3. The quantitative estimate of drug-likeness (QED) is 0.882. The maximum absolute atomic E-state index is 12.1. The SMILES string of the molecule is COc1cccc(C(O)C(=O)NC(C)c2ccncc2)c1. The fraction of sp³-hybridized carbons (Fsp3) is 0.250. The van der Waals surface area contributed by atoms with Gasteiger partial charge in [0.15, 0.2) is 6.10 Å². The Bertz CT molecular complexity index is 601. The molecule has 0 saturated heterocycles. The van der Waals surface area contributed by atoms with E-state index in [1.807, 2.05) is 19.1 Å². The summed E-state index contributed by atoms with van der Waals surface area (Å²) in [6.45, 7) is 1.85.